The van der Waals surface area contributed by atoms with E-state index in [9.17, 15) is 4.79 Å². The summed E-state index contributed by atoms with van der Waals surface area (Å²) in [4.78, 5) is 12.8. The Labute approximate surface area is 120 Å². The highest BCUT2D eigenvalue weighted by molar-refractivity contribution is 6.14. The van der Waals surface area contributed by atoms with Crippen LogP contribution in [0.2, 0.25) is 0 Å². The van der Waals surface area contributed by atoms with Crippen LogP contribution in [0.4, 0.5) is 5.69 Å². The Morgan fingerprint density at radius 1 is 0.800 bits per heavy atom. The van der Waals surface area contributed by atoms with Crippen molar-refractivity contribution in [2.24, 2.45) is 0 Å². The van der Waals surface area contributed by atoms with E-state index >= 15 is 0 Å². The van der Waals surface area contributed by atoms with E-state index in [2.05, 4.69) is 20.8 Å². The van der Waals surface area contributed by atoms with Gasteiger partial charge in [-0.15, -0.1) is 0 Å². The number of hydrogen-bond donors (Lipinski definition) is 1. The van der Waals surface area contributed by atoms with E-state index in [1.165, 1.54) is 16.7 Å². The number of benzene rings is 2. The smallest absolute Gasteiger partial charge is 0.195 e. The Hall–Kier alpha value is -2.09. The molecule has 0 bridgehead atoms. The van der Waals surface area contributed by atoms with Crippen LogP contribution in [0.5, 0.6) is 0 Å². The zero-order chi connectivity index (χ0) is 15.0. The van der Waals surface area contributed by atoms with Gasteiger partial charge < -0.3 is 5.73 Å². The lowest BCUT2D eigenvalue weighted by Gasteiger charge is -2.18. The second-order valence-corrected chi connectivity index (χ2v) is 5.42. The van der Waals surface area contributed by atoms with Gasteiger partial charge in [-0.25, -0.2) is 0 Å². The SMILES string of the molecule is Cc1c(C)c(C)c(C(=O)c2ccccc2N)c(C)c1C. The van der Waals surface area contributed by atoms with E-state index < -0.39 is 0 Å². The Kier molecular flexibility index (Phi) is 3.67. The van der Waals surface area contributed by atoms with Crippen LogP contribution in [0.15, 0.2) is 24.3 Å². The van der Waals surface area contributed by atoms with Crippen molar-refractivity contribution >= 4 is 11.5 Å². The lowest BCUT2D eigenvalue weighted by atomic mass is 9.86. The van der Waals surface area contributed by atoms with Crippen LogP contribution in [-0.2, 0) is 0 Å². The highest BCUT2D eigenvalue weighted by Crippen LogP contribution is 2.29. The number of carbonyl (C=O) groups is 1. The summed E-state index contributed by atoms with van der Waals surface area (Å²) in [5.41, 5.74) is 13.6. The molecule has 104 valence electrons. The summed E-state index contributed by atoms with van der Waals surface area (Å²) in [5.74, 6) is 0.0179. The van der Waals surface area contributed by atoms with E-state index in [-0.39, 0.29) is 5.78 Å². The summed E-state index contributed by atoms with van der Waals surface area (Å²) in [5, 5.41) is 0. The molecule has 0 spiro atoms. The lowest BCUT2D eigenvalue weighted by Crippen LogP contribution is -2.12. The molecule has 0 aliphatic heterocycles. The summed E-state index contributed by atoms with van der Waals surface area (Å²) in [6.07, 6.45) is 0. The highest BCUT2D eigenvalue weighted by Gasteiger charge is 2.20. The molecule has 0 heterocycles. The Morgan fingerprint density at radius 3 is 1.75 bits per heavy atom. The number of nitrogens with two attached hydrogens (primary N) is 1. The van der Waals surface area contributed by atoms with E-state index in [1.54, 1.807) is 12.1 Å². The zero-order valence-corrected chi connectivity index (χ0v) is 12.8. The Morgan fingerprint density at radius 2 is 1.25 bits per heavy atom. The van der Waals surface area contributed by atoms with Crippen LogP contribution >= 0.6 is 0 Å². The number of ketones is 1. The first-order valence-corrected chi connectivity index (χ1v) is 6.82. The Balaban J connectivity index is 2.71. The summed E-state index contributed by atoms with van der Waals surface area (Å²) in [6, 6.07) is 7.26. The second-order valence-electron chi connectivity index (χ2n) is 5.42. The first kappa shape index (κ1) is 14.3. The fraction of sp³-hybridized carbons (Fsp3) is 0.278. The number of nitrogen functional groups attached to an aromatic ring is 1. The third-order valence-corrected chi connectivity index (χ3v) is 4.43. The quantitative estimate of drug-likeness (QED) is 0.659. The molecular formula is C18H21NO. The highest BCUT2D eigenvalue weighted by atomic mass is 16.1. The van der Waals surface area contributed by atoms with Gasteiger partial charge in [0.2, 0.25) is 0 Å². The maximum absolute atomic E-state index is 12.8. The molecule has 20 heavy (non-hydrogen) atoms. The number of para-hydroxylation sites is 1. The van der Waals surface area contributed by atoms with Gasteiger partial charge in [-0.2, -0.15) is 0 Å². The van der Waals surface area contributed by atoms with Crippen molar-refractivity contribution in [3.63, 3.8) is 0 Å². The van der Waals surface area contributed by atoms with Crippen molar-refractivity contribution in [1.29, 1.82) is 0 Å². The molecule has 0 fully saturated rings. The molecule has 2 nitrogen and oxygen atoms in total. The predicted octanol–water partition coefficient (Wildman–Crippen LogP) is 4.04. The normalized spacial score (nSPS) is 10.7. The van der Waals surface area contributed by atoms with E-state index in [4.69, 9.17) is 5.73 Å². The third-order valence-electron chi connectivity index (χ3n) is 4.43. The molecule has 0 saturated heterocycles. The summed E-state index contributed by atoms with van der Waals surface area (Å²) in [7, 11) is 0. The largest absolute Gasteiger partial charge is 0.398 e. The molecule has 0 unspecified atom stereocenters. The zero-order valence-electron chi connectivity index (χ0n) is 12.8. The minimum absolute atomic E-state index is 0.0179. The molecule has 2 rings (SSSR count). The second kappa shape index (κ2) is 5.12. The number of carbonyl (C=O) groups excluding carboxylic acids is 1. The minimum atomic E-state index is 0.0179. The molecule has 0 aliphatic rings. The van der Waals surface area contributed by atoms with Gasteiger partial charge >= 0.3 is 0 Å². The summed E-state index contributed by atoms with van der Waals surface area (Å²) in [6.45, 7) is 10.3. The lowest BCUT2D eigenvalue weighted by molar-refractivity contribution is 0.103. The van der Waals surface area contributed by atoms with Crippen molar-refractivity contribution in [3.05, 3.63) is 63.2 Å². The number of hydrogen-bond acceptors (Lipinski definition) is 2. The van der Waals surface area contributed by atoms with Crippen LogP contribution in [0.25, 0.3) is 0 Å². The molecule has 2 N–H and O–H groups in total. The Bertz CT molecular complexity index is 670. The molecular weight excluding hydrogens is 246 g/mol. The standard InChI is InChI=1S/C18H21NO/c1-10-11(2)13(4)17(14(5)12(10)3)18(20)15-8-6-7-9-16(15)19/h6-9H,19H2,1-5H3. The van der Waals surface area contributed by atoms with Crippen molar-refractivity contribution in [2.45, 2.75) is 34.6 Å². The molecule has 2 heteroatoms. The van der Waals surface area contributed by atoms with Gasteiger partial charge in [0.15, 0.2) is 5.78 Å². The van der Waals surface area contributed by atoms with Gasteiger partial charge in [0.1, 0.15) is 0 Å². The van der Waals surface area contributed by atoms with Crippen LogP contribution in [0, 0.1) is 34.6 Å². The molecule has 0 saturated carbocycles. The average molecular weight is 267 g/mol. The average Bonchev–Trinajstić information content (AvgIpc) is 2.43. The molecule has 0 atom stereocenters. The van der Waals surface area contributed by atoms with Gasteiger partial charge in [-0.05, 0) is 74.6 Å². The minimum Gasteiger partial charge on any atom is -0.398 e. The maximum Gasteiger partial charge on any atom is 0.195 e. The molecule has 2 aromatic rings. The summed E-state index contributed by atoms with van der Waals surface area (Å²) < 4.78 is 0. The molecule has 0 aromatic heterocycles. The van der Waals surface area contributed by atoms with Crippen LogP contribution in [0.1, 0.15) is 43.7 Å². The van der Waals surface area contributed by atoms with Crippen LogP contribution in [-0.4, -0.2) is 5.78 Å². The van der Waals surface area contributed by atoms with Crippen molar-refractivity contribution < 1.29 is 4.79 Å². The van der Waals surface area contributed by atoms with Crippen molar-refractivity contribution in [2.75, 3.05) is 5.73 Å². The fourth-order valence-electron chi connectivity index (χ4n) is 2.68. The van der Waals surface area contributed by atoms with Crippen LogP contribution in [0.3, 0.4) is 0 Å². The molecule has 0 radical (unpaired) electrons. The summed E-state index contributed by atoms with van der Waals surface area (Å²) >= 11 is 0. The number of anilines is 1. The maximum atomic E-state index is 12.8. The topological polar surface area (TPSA) is 43.1 Å². The van der Waals surface area contributed by atoms with E-state index in [0.717, 1.165) is 16.7 Å². The first-order valence-electron chi connectivity index (χ1n) is 6.82. The van der Waals surface area contributed by atoms with Gasteiger partial charge in [-0.1, -0.05) is 12.1 Å². The molecule has 0 aliphatic carbocycles. The van der Waals surface area contributed by atoms with Crippen molar-refractivity contribution in [3.8, 4) is 0 Å². The van der Waals surface area contributed by atoms with Crippen molar-refractivity contribution in [1.82, 2.24) is 0 Å². The van der Waals surface area contributed by atoms with Gasteiger partial charge in [0, 0.05) is 16.8 Å². The fourth-order valence-corrected chi connectivity index (χ4v) is 2.68. The monoisotopic (exact) mass is 267 g/mol. The molecule has 2 aromatic carbocycles. The predicted molar refractivity (Wildman–Crippen MR) is 84.4 cm³/mol. The van der Waals surface area contributed by atoms with E-state index in [0.29, 0.717) is 11.3 Å². The number of rotatable bonds is 2. The van der Waals surface area contributed by atoms with Gasteiger partial charge in [0.25, 0.3) is 0 Å². The van der Waals surface area contributed by atoms with Crippen LogP contribution < -0.4 is 5.73 Å². The molecule has 0 amide bonds. The first-order chi connectivity index (χ1) is 9.36. The van der Waals surface area contributed by atoms with Gasteiger partial charge in [-0.3, -0.25) is 4.79 Å². The van der Waals surface area contributed by atoms with E-state index in [1.807, 2.05) is 26.0 Å². The van der Waals surface area contributed by atoms with Gasteiger partial charge in [0.05, 0.1) is 0 Å². The third kappa shape index (κ3) is 2.11.